The number of rotatable bonds is 2. The molecule has 1 aromatic carbocycles. The van der Waals surface area contributed by atoms with Crippen molar-refractivity contribution in [3.8, 4) is 5.75 Å². The van der Waals surface area contributed by atoms with E-state index < -0.39 is 0 Å². The maximum absolute atomic E-state index is 5.72. The van der Waals surface area contributed by atoms with Gasteiger partial charge in [-0.1, -0.05) is 12.1 Å². The topological polar surface area (TPSA) is 61.3 Å². The number of nitrogens with two attached hydrogens (primary N) is 2. The number of para-hydroxylation sites is 1. The molecule has 12 heavy (non-hydrogen) atoms. The Morgan fingerprint density at radius 1 is 1.42 bits per heavy atom. The average molecular weight is 166 g/mol. The summed E-state index contributed by atoms with van der Waals surface area (Å²) in [5.74, 6) is 0.688. The quantitative estimate of drug-likeness (QED) is 0.651. The van der Waals surface area contributed by atoms with Crippen LogP contribution in [0.15, 0.2) is 18.2 Å². The van der Waals surface area contributed by atoms with Crippen molar-refractivity contribution in [3.63, 3.8) is 0 Å². The van der Waals surface area contributed by atoms with E-state index >= 15 is 0 Å². The van der Waals surface area contributed by atoms with Crippen molar-refractivity contribution in [1.82, 2.24) is 0 Å². The number of anilines is 1. The summed E-state index contributed by atoms with van der Waals surface area (Å²) in [5.41, 5.74) is 13.0. The fraction of sp³-hybridized carbons (Fsp3) is 0.333. The Hall–Kier alpha value is -1.22. The SMILES string of the molecule is COc1c(N)cccc1[C@@H](C)N. The van der Waals surface area contributed by atoms with Crippen LogP contribution in [0.1, 0.15) is 18.5 Å². The molecule has 1 rings (SSSR count). The second-order valence-electron chi connectivity index (χ2n) is 2.76. The van der Waals surface area contributed by atoms with Crippen LogP contribution in [0.4, 0.5) is 5.69 Å². The van der Waals surface area contributed by atoms with Gasteiger partial charge in [0.15, 0.2) is 0 Å². The highest BCUT2D eigenvalue weighted by atomic mass is 16.5. The van der Waals surface area contributed by atoms with Gasteiger partial charge in [0.2, 0.25) is 0 Å². The predicted octanol–water partition coefficient (Wildman–Crippen LogP) is 1.30. The second-order valence-corrected chi connectivity index (χ2v) is 2.76. The molecule has 0 bridgehead atoms. The van der Waals surface area contributed by atoms with Crippen molar-refractivity contribution in [2.24, 2.45) is 5.73 Å². The Labute approximate surface area is 72.3 Å². The van der Waals surface area contributed by atoms with Gasteiger partial charge < -0.3 is 16.2 Å². The molecule has 0 heterocycles. The van der Waals surface area contributed by atoms with Gasteiger partial charge in [0.25, 0.3) is 0 Å². The van der Waals surface area contributed by atoms with E-state index in [0.717, 1.165) is 5.56 Å². The minimum Gasteiger partial charge on any atom is -0.494 e. The van der Waals surface area contributed by atoms with Crippen LogP contribution in [0, 0.1) is 0 Å². The van der Waals surface area contributed by atoms with Crippen molar-refractivity contribution in [3.05, 3.63) is 23.8 Å². The molecule has 1 atom stereocenters. The molecule has 66 valence electrons. The van der Waals surface area contributed by atoms with E-state index in [1.165, 1.54) is 0 Å². The molecule has 0 aliphatic carbocycles. The van der Waals surface area contributed by atoms with E-state index in [4.69, 9.17) is 16.2 Å². The fourth-order valence-electron chi connectivity index (χ4n) is 1.17. The molecule has 0 aromatic heterocycles. The first kappa shape index (κ1) is 8.87. The van der Waals surface area contributed by atoms with Crippen LogP contribution in [-0.2, 0) is 0 Å². The van der Waals surface area contributed by atoms with Crippen LogP contribution < -0.4 is 16.2 Å². The maximum Gasteiger partial charge on any atom is 0.146 e. The molecule has 4 N–H and O–H groups in total. The first-order valence-electron chi connectivity index (χ1n) is 3.84. The van der Waals surface area contributed by atoms with Crippen molar-refractivity contribution < 1.29 is 4.74 Å². The van der Waals surface area contributed by atoms with E-state index in [0.29, 0.717) is 11.4 Å². The van der Waals surface area contributed by atoms with Crippen LogP contribution in [0.2, 0.25) is 0 Å². The van der Waals surface area contributed by atoms with E-state index in [-0.39, 0.29) is 6.04 Å². The summed E-state index contributed by atoms with van der Waals surface area (Å²) in [6.07, 6.45) is 0. The first-order valence-corrected chi connectivity index (χ1v) is 3.84. The molecular formula is C9H14N2O. The van der Waals surface area contributed by atoms with Gasteiger partial charge in [-0.3, -0.25) is 0 Å². The molecular weight excluding hydrogens is 152 g/mol. The minimum atomic E-state index is -0.0524. The highest BCUT2D eigenvalue weighted by Crippen LogP contribution is 2.29. The Balaban J connectivity index is 3.18. The molecule has 0 aliphatic rings. The summed E-state index contributed by atoms with van der Waals surface area (Å²) in [7, 11) is 1.59. The Morgan fingerprint density at radius 2 is 2.08 bits per heavy atom. The third-order valence-corrected chi connectivity index (χ3v) is 1.77. The molecule has 0 radical (unpaired) electrons. The van der Waals surface area contributed by atoms with E-state index in [1.54, 1.807) is 13.2 Å². The van der Waals surface area contributed by atoms with Crippen molar-refractivity contribution in [1.29, 1.82) is 0 Å². The zero-order valence-electron chi connectivity index (χ0n) is 7.37. The van der Waals surface area contributed by atoms with E-state index in [2.05, 4.69) is 0 Å². The molecule has 3 heteroatoms. The Morgan fingerprint density at radius 3 is 2.50 bits per heavy atom. The zero-order valence-corrected chi connectivity index (χ0v) is 7.37. The van der Waals surface area contributed by atoms with Crippen molar-refractivity contribution in [2.45, 2.75) is 13.0 Å². The van der Waals surface area contributed by atoms with Gasteiger partial charge in [0.05, 0.1) is 12.8 Å². The van der Waals surface area contributed by atoms with E-state index in [9.17, 15) is 0 Å². The van der Waals surface area contributed by atoms with Crippen LogP contribution in [0.25, 0.3) is 0 Å². The van der Waals surface area contributed by atoms with Crippen LogP contribution in [-0.4, -0.2) is 7.11 Å². The van der Waals surface area contributed by atoms with Crippen LogP contribution in [0.5, 0.6) is 5.75 Å². The normalized spacial score (nSPS) is 12.6. The van der Waals surface area contributed by atoms with Gasteiger partial charge in [0, 0.05) is 11.6 Å². The summed E-state index contributed by atoms with van der Waals surface area (Å²) in [4.78, 5) is 0. The lowest BCUT2D eigenvalue weighted by Gasteiger charge is -2.12. The van der Waals surface area contributed by atoms with Gasteiger partial charge >= 0.3 is 0 Å². The summed E-state index contributed by atoms with van der Waals surface area (Å²) in [6.45, 7) is 1.90. The van der Waals surface area contributed by atoms with Gasteiger partial charge in [-0.15, -0.1) is 0 Å². The van der Waals surface area contributed by atoms with Gasteiger partial charge in [-0.05, 0) is 13.0 Å². The predicted molar refractivity (Wildman–Crippen MR) is 50.0 cm³/mol. The molecule has 1 aromatic rings. The zero-order chi connectivity index (χ0) is 9.14. The summed E-state index contributed by atoms with van der Waals surface area (Å²) in [6, 6.07) is 5.53. The lowest BCUT2D eigenvalue weighted by molar-refractivity contribution is 0.409. The molecule has 3 nitrogen and oxygen atoms in total. The highest BCUT2D eigenvalue weighted by molar-refractivity contribution is 5.57. The maximum atomic E-state index is 5.72. The lowest BCUT2D eigenvalue weighted by Crippen LogP contribution is -2.08. The largest absolute Gasteiger partial charge is 0.494 e. The van der Waals surface area contributed by atoms with Crippen LogP contribution >= 0.6 is 0 Å². The molecule has 0 aliphatic heterocycles. The first-order chi connectivity index (χ1) is 5.66. The Bertz CT molecular complexity index is 271. The third-order valence-electron chi connectivity index (χ3n) is 1.77. The van der Waals surface area contributed by atoms with Crippen LogP contribution in [0.3, 0.4) is 0 Å². The minimum absolute atomic E-state index is 0.0524. The molecule has 0 saturated heterocycles. The van der Waals surface area contributed by atoms with Gasteiger partial charge in [-0.2, -0.15) is 0 Å². The summed E-state index contributed by atoms with van der Waals surface area (Å²) >= 11 is 0. The number of methoxy groups -OCH3 is 1. The third kappa shape index (κ3) is 1.51. The molecule has 0 unspecified atom stereocenters. The number of benzene rings is 1. The number of hydrogen-bond donors (Lipinski definition) is 2. The molecule has 0 saturated carbocycles. The van der Waals surface area contributed by atoms with Crippen molar-refractivity contribution >= 4 is 5.69 Å². The standard InChI is InChI=1S/C9H14N2O/c1-6(10)7-4-3-5-8(11)9(7)12-2/h3-6H,10-11H2,1-2H3/t6-/m1/s1. The highest BCUT2D eigenvalue weighted by Gasteiger charge is 2.08. The average Bonchev–Trinajstić information content (AvgIpc) is 2.03. The van der Waals surface area contributed by atoms with E-state index in [1.807, 2.05) is 19.1 Å². The number of nitrogen functional groups attached to an aromatic ring is 1. The molecule has 0 fully saturated rings. The number of hydrogen-bond acceptors (Lipinski definition) is 3. The van der Waals surface area contributed by atoms with Gasteiger partial charge in [0.1, 0.15) is 5.75 Å². The molecule has 0 amide bonds. The summed E-state index contributed by atoms with van der Waals surface area (Å²) < 4.78 is 5.13. The van der Waals surface area contributed by atoms with Gasteiger partial charge in [-0.25, -0.2) is 0 Å². The number of ether oxygens (including phenoxy) is 1. The lowest BCUT2D eigenvalue weighted by atomic mass is 10.1. The second kappa shape index (κ2) is 3.45. The fourth-order valence-corrected chi connectivity index (χ4v) is 1.17. The smallest absolute Gasteiger partial charge is 0.146 e. The van der Waals surface area contributed by atoms with Crippen molar-refractivity contribution in [2.75, 3.05) is 12.8 Å². The molecule has 0 spiro atoms. The summed E-state index contributed by atoms with van der Waals surface area (Å²) in [5, 5.41) is 0. The Kier molecular flexibility index (Phi) is 2.55. The monoisotopic (exact) mass is 166 g/mol.